The molecule has 0 unspecified atom stereocenters. The molecule has 1 amide bonds. The van der Waals surface area contributed by atoms with Gasteiger partial charge in [0.15, 0.2) is 0 Å². The molecule has 3 rings (SSSR count). The summed E-state index contributed by atoms with van der Waals surface area (Å²) in [6.45, 7) is 9.74. The van der Waals surface area contributed by atoms with Crippen molar-refractivity contribution >= 4 is 5.91 Å². The fourth-order valence-electron chi connectivity index (χ4n) is 3.92. The first-order chi connectivity index (χ1) is 12.1. The molecular weight excluding hydrogens is 320 g/mol. The van der Waals surface area contributed by atoms with E-state index in [4.69, 9.17) is 4.74 Å². The van der Waals surface area contributed by atoms with Crippen LogP contribution >= 0.6 is 0 Å². The van der Waals surface area contributed by atoms with E-state index < -0.39 is 0 Å². The van der Waals surface area contributed by atoms with E-state index in [1.165, 1.54) is 0 Å². The van der Waals surface area contributed by atoms with Crippen LogP contribution in [-0.2, 0) is 16.1 Å². The second kappa shape index (κ2) is 8.71. The van der Waals surface area contributed by atoms with Crippen LogP contribution in [0.3, 0.4) is 0 Å². The van der Waals surface area contributed by atoms with Gasteiger partial charge in [0.25, 0.3) is 0 Å². The Morgan fingerprint density at radius 1 is 1.28 bits per heavy atom. The van der Waals surface area contributed by atoms with Crippen molar-refractivity contribution in [3.8, 4) is 0 Å². The molecule has 1 N–H and O–H groups in total. The molecule has 1 aromatic heterocycles. The highest BCUT2D eigenvalue weighted by atomic mass is 16.5. The summed E-state index contributed by atoms with van der Waals surface area (Å²) < 4.78 is 7.13. The molecule has 0 spiro atoms. The van der Waals surface area contributed by atoms with Crippen molar-refractivity contribution in [2.75, 3.05) is 32.8 Å². The fourth-order valence-corrected chi connectivity index (χ4v) is 3.92. The molecule has 0 saturated carbocycles. The monoisotopic (exact) mass is 350 g/mol. The third-order valence-corrected chi connectivity index (χ3v) is 5.47. The predicted octanol–water partition coefficient (Wildman–Crippen LogP) is 0.562. The van der Waals surface area contributed by atoms with Crippen LogP contribution in [0, 0.1) is 17.8 Å². The lowest BCUT2D eigenvalue weighted by molar-refractivity contribution is -0.128. The van der Waals surface area contributed by atoms with Gasteiger partial charge in [0.1, 0.15) is 6.33 Å². The van der Waals surface area contributed by atoms with Crippen molar-refractivity contribution in [1.29, 1.82) is 0 Å². The van der Waals surface area contributed by atoms with Crippen molar-refractivity contribution in [2.24, 2.45) is 17.8 Å². The maximum Gasteiger partial charge on any atom is 0.223 e. The first-order valence-electron chi connectivity index (χ1n) is 9.44. The van der Waals surface area contributed by atoms with Crippen molar-refractivity contribution in [1.82, 2.24) is 30.4 Å². The zero-order chi connectivity index (χ0) is 17.6. The Kier molecular flexibility index (Phi) is 6.36. The number of rotatable bonds is 7. The molecule has 2 fully saturated rings. The van der Waals surface area contributed by atoms with Crippen LogP contribution in [0.4, 0.5) is 0 Å². The Labute approximate surface area is 149 Å². The maximum absolute atomic E-state index is 12.6. The summed E-state index contributed by atoms with van der Waals surface area (Å²) in [5, 5.41) is 14.6. The molecule has 140 valence electrons. The summed E-state index contributed by atoms with van der Waals surface area (Å²) in [5.74, 6) is 1.41. The van der Waals surface area contributed by atoms with Gasteiger partial charge >= 0.3 is 0 Å². The lowest BCUT2D eigenvalue weighted by Crippen LogP contribution is -2.45. The Bertz CT molecular complexity index is 529. The molecule has 3 heterocycles. The Morgan fingerprint density at radius 2 is 2.08 bits per heavy atom. The highest BCUT2D eigenvalue weighted by Crippen LogP contribution is 2.25. The van der Waals surface area contributed by atoms with E-state index in [9.17, 15) is 4.79 Å². The van der Waals surface area contributed by atoms with E-state index in [1.54, 1.807) is 11.0 Å². The van der Waals surface area contributed by atoms with Crippen LogP contribution in [-0.4, -0.2) is 69.9 Å². The summed E-state index contributed by atoms with van der Waals surface area (Å²) in [7, 11) is 0. The second-order valence-electron chi connectivity index (χ2n) is 7.60. The molecule has 1 aromatic rings. The number of nitrogens with one attached hydrogen (secondary N) is 1. The first-order valence-corrected chi connectivity index (χ1v) is 9.44. The molecule has 2 atom stereocenters. The maximum atomic E-state index is 12.6. The minimum atomic E-state index is 0.121. The number of amides is 1. The summed E-state index contributed by atoms with van der Waals surface area (Å²) >= 11 is 0. The van der Waals surface area contributed by atoms with Gasteiger partial charge in [0, 0.05) is 44.8 Å². The van der Waals surface area contributed by atoms with E-state index in [1.807, 2.05) is 0 Å². The third-order valence-electron chi connectivity index (χ3n) is 5.47. The molecule has 2 saturated heterocycles. The van der Waals surface area contributed by atoms with Gasteiger partial charge in [-0.1, -0.05) is 13.8 Å². The van der Waals surface area contributed by atoms with Crippen LogP contribution in [0.2, 0.25) is 0 Å². The quantitative estimate of drug-likeness (QED) is 0.773. The third kappa shape index (κ3) is 4.98. The minimum Gasteiger partial charge on any atom is -0.381 e. The highest BCUT2D eigenvalue weighted by molar-refractivity contribution is 5.79. The summed E-state index contributed by atoms with van der Waals surface area (Å²) in [6, 6.07) is 0.253. The lowest BCUT2D eigenvalue weighted by atomic mass is 9.90. The lowest BCUT2D eigenvalue weighted by Gasteiger charge is -2.27. The van der Waals surface area contributed by atoms with Crippen molar-refractivity contribution in [3.63, 3.8) is 0 Å². The van der Waals surface area contributed by atoms with Crippen LogP contribution in [0.15, 0.2) is 6.33 Å². The zero-order valence-electron chi connectivity index (χ0n) is 15.3. The van der Waals surface area contributed by atoms with Crippen molar-refractivity contribution < 1.29 is 9.53 Å². The fraction of sp³-hybridized carbons (Fsp3) is 0.882. The van der Waals surface area contributed by atoms with Gasteiger partial charge in [-0.3, -0.25) is 4.79 Å². The normalized spacial score (nSPS) is 25.6. The van der Waals surface area contributed by atoms with Crippen LogP contribution in [0.1, 0.15) is 33.1 Å². The van der Waals surface area contributed by atoms with E-state index >= 15 is 0 Å². The topological polar surface area (TPSA) is 85.2 Å². The van der Waals surface area contributed by atoms with Gasteiger partial charge < -0.3 is 15.0 Å². The van der Waals surface area contributed by atoms with Crippen LogP contribution < -0.4 is 5.32 Å². The first kappa shape index (κ1) is 18.3. The van der Waals surface area contributed by atoms with Gasteiger partial charge in [0.05, 0.1) is 0 Å². The number of carbonyl (C=O) groups is 1. The zero-order valence-corrected chi connectivity index (χ0v) is 15.3. The largest absolute Gasteiger partial charge is 0.381 e. The smallest absolute Gasteiger partial charge is 0.223 e. The number of aromatic nitrogens is 4. The van der Waals surface area contributed by atoms with Gasteiger partial charge in [0.2, 0.25) is 5.91 Å². The van der Waals surface area contributed by atoms with E-state index in [0.717, 1.165) is 45.4 Å². The number of aryl methyl sites for hydroxylation is 1. The van der Waals surface area contributed by atoms with Crippen LogP contribution in [0.5, 0.6) is 0 Å². The van der Waals surface area contributed by atoms with Gasteiger partial charge in [-0.15, -0.1) is 5.10 Å². The Hall–Kier alpha value is -1.54. The van der Waals surface area contributed by atoms with Crippen LogP contribution in [0.25, 0.3) is 0 Å². The Balaban J connectivity index is 1.48. The molecule has 0 bridgehead atoms. The summed E-state index contributed by atoms with van der Waals surface area (Å²) in [6.07, 6.45) is 4.36. The molecule has 2 aliphatic rings. The predicted molar refractivity (Wildman–Crippen MR) is 92.7 cm³/mol. The van der Waals surface area contributed by atoms with E-state index in [2.05, 4.69) is 39.6 Å². The standard InChI is InChI=1S/C17H30N6O2/c1-13(2)15-10-22(6-3-7-23-12-18-20-21-23)11-16(15)19-17(24)14-4-8-25-9-5-14/h12-16H,3-11H2,1-2H3,(H,19,24)/t15-,16+/m1/s1. The summed E-state index contributed by atoms with van der Waals surface area (Å²) in [4.78, 5) is 15.0. The number of likely N-dealkylation sites (tertiary alicyclic amines) is 1. The molecule has 0 radical (unpaired) electrons. The SMILES string of the molecule is CC(C)[C@H]1CN(CCCn2cnnn2)C[C@@H]1NC(=O)C1CCOCC1. The number of hydrogen-bond acceptors (Lipinski definition) is 6. The number of ether oxygens (including phenoxy) is 1. The van der Waals surface area contributed by atoms with Crippen molar-refractivity contribution in [2.45, 2.75) is 45.7 Å². The molecular formula is C17H30N6O2. The average molecular weight is 350 g/mol. The van der Waals surface area contributed by atoms with E-state index in [0.29, 0.717) is 25.0 Å². The molecule has 8 heteroatoms. The van der Waals surface area contributed by atoms with E-state index in [-0.39, 0.29) is 17.9 Å². The summed E-state index contributed by atoms with van der Waals surface area (Å²) in [5.41, 5.74) is 0. The number of nitrogens with zero attached hydrogens (tertiary/aromatic N) is 5. The Morgan fingerprint density at radius 3 is 2.76 bits per heavy atom. The minimum absolute atomic E-state index is 0.121. The molecule has 0 aromatic carbocycles. The average Bonchev–Trinajstić information content (AvgIpc) is 3.26. The van der Waals surface area contributed by atoms with Gasteiger partial charge in [-0.2, -0.15) is 0 Å². The molecule has 25 heavy (non-hydrogen) atoms. The second-order valence-corrected chi connectivity index (χ2v) is 7.60. The number of hydrogen-bond donors (Lipinski definition) is 1. The van der Waals surface area contributed by atoms with Crippen molar-refractivity contribution in [3.05, 3.63) is 6.33 Å². The molecule has 8 nitrogen and oxygen atoms in total. The molecule has 0 aliphatic carbocycles. The molecule has 2 aliphatic heterocycles. The number of tetrazole rings is 1. The number of carbonyl (C=O) groups excluding carboxylic acids is 1. The van der Waals surface area contributed by atoms with Gasteiger partial charge in [-0.25, -0.2) is 4.68 Å². The van der Waals surface area contributed by atoms with Gasteiger partial charge in [-0.05, 0) is 48.1 Å². The highest BCUT2D eigenvalue weighted by Gasteiger charge is 2.36.